The molecular formula is C12H9FN4OS. The van der Waals surface area contributed by atoms with Gasteiger partial charge in [-0.3, -0.25) is 5.43 Å². The fourth-order valence-electron chi connectivity index (χ4n) is 1.61. The zero-order valence-electron chi connectivity index (χ0n) is 9.63. The Kier molecular flexibility index (Phi) is 2.98. The molecule has 0 unspecified atom stereocenters. The lowest BCUT2D eigenvalue weighted by atomic mass is 10.3. The van der Waals surface area contributed by atoms with E-state index in [1.165, 1.54) is 23.5 Å². The SMILES string of the molecule is NNc1nc(Oc2cccc(F)c2)c2ccsc2n1. The van der Waals surface area contributed by atoms with Gasteiger partial charge in [-0.1, -0.05) is 6.07 Å². The van der Waals surface area contributed by atoms with Crippen LogP contribution < -0.4 is 16.0 Å². The van der Waals surface area contributed by atoms with Gasteiger partial charge in [-0.25, -0.2) is 15.2 Å². The molecule has 3 rings (SSSR count). The molecule has 19 heavy (non-hydrogen) atoms. The molecule has 0 spiro atoms. The van der Waals surface area contributed by atoms with Crippen molar-refractivity contribution in [3.63, 3.8) is 0 Å². The van der Waals surface area contributed by atoms with Crippen LogP contribution in [0.1, 0.15) is 0 Å². The molecule has 0 atom stereocenters. The number of hydrogen-bond acceptors (Lipinski definition) is 6. The maximum absolute atomic E-state index is 13.1. The number of rotatable bonds is 3. The van der Waals surface area contributed by atoms with E-state index in [2.05, 4.69) is 15.4 Å². The molecule has 0 aliphatic heterocycles. The zero-order chi connectivity index (χ0) is 13.2. The zero-order valence-corrected chi connectivity index (χ0v) is 10.4. The minimum absolute atomic E-state index is 0.251. The summed E-state index contributed by atoms with van der Waals surface area (Å²) in [5, 5.41) is 2.63. The average Bonchev–Trinajstić information content (AvgIpc) is 2.87. The van der Waals surface area contributed by atoms with Crippen LogP contribution in [0.4, 0.5) is 10.3 Å². The van der Waals surface area contributed by atoms with Crippen LogP contribution in [-0.2, 0) is 0 Å². The van der Waals surface area contributed by atoms with Crippen LogP contribution >= 0.6 is 11.3 Å². The van der Waals surface area contributed by atoms with Crippen LogP contribution in [-0.4, -0.2) is 9.97 Å². The highest BCUT2D eigenvalue weighted by atomic mass is 32.1. The smallest absolute Gasteiger partial charge is 0.241 e. The number of nitrogens with zero attached hydrogens (tertiary/aromatic N) is 2. The maximum atomic E-state index is 13.1. The number of aromatic nitrogens is 2. The van der Waals surface area contributed by atoms with Crippen LogP contribution in [0.3, 0.4) is 0 Å². The number of hydrazine groups is 1. The summed E-state index contributed by atoms with van der Waals surface area (Å²) in [6, 6.07) is 7.70. The van der Waals surface area contributed by atoms with Crippen LogP contribution in [0.2, 0.25) is 0 Å². The van der Waals surface area contributed by atoms with Gasteiger partial charge in [0, 0.05) is 6.07 Å². The molecule has 0 aliphatic rings. The predicted octanol–water partition coefficient (Wildman–Crippen LogP) is 2.91. The molecule has 96 valence electrons. The van der Waals surface area contributed by atoms with Crippen molar-refractivity contribution in [2.75, 3.05) is 5.43 Å². The van der Waals surface area contributed by atoms with Crippen LogP contribution in [0, 0.1) is 5.82 Å². The van der Waals surface area contributed by atoms with E-state index in [1.807, 2.05) is 11.4 Å². The van der Waals surface area contributed by atoms with Crippen molar-refractivity contribution in [1.29, 1.82) is 0 Å². The second-order valence-corrected chi connectivity index (χ2v) is 4.59. The van der Waals surface area contributed by atoms with Gasteiger partial charge in [0.1, 0.15) is 16.4 Å². The normalized spacial score (nSPS) is 10.6. The molecular weight excluding hydrogens is 267 g/mol. The van der Waals surface area contributed by atoms with Gasteiger partial charge in [-0.05, 0) is 23.6 Å². The number of nitrogens with one attached hydrogen (secondary N) is 1. The maximum Gasteiger partial charge on any atom is 0.241 e. The van der Waals surface area contributed by atoms with Crippen molar-refractivity contribution < 1.29 is 9.13 Å². The molecule has 2 aromatic heterocycles. The molecule has 0 aliphatic carbocycles. The number of fused-ring (bicyclic) bond motifs is 1. The van der Waals surface area contributed by atoms with E-state index in [0.717, 1.165) is 10.2 Å². The van der Waals surface area contributed by atoms with Crippen molar-refractivity contribution in [3.8, 4) is 11.6 Å². The number of nitrogen functional groups attached to an aromatic ring is 1. The van der Waals surface area contributed by atoms with E-state index < -0.39 is 0 Å². The van der Waals surface area contributed by atoms with E-state index in [4.69, 9.17) is 10.6 Å². The Morgan fingerprint density at radius 1 is 1.26 bits per heavy atom. The molecule has 0 fully saturated rings. The lowest BCUT2D eigenvalue weighted by molar-refractivity contribution is 0.464. The summed E-state index contributed by atoms with van der Waals surface area (Å²) < 4.78 is 18.7. The molecule has 3 aromatic rings. The van der Waals surface area contributed by atoms with E-state index in [1.54, 1.807) is 12.1 Å². The lowest BCUT2D eigenvalue weighted by Gasteiger charge is -2.07. The fraction of sp³-hybridized carbons (Fsp3) is 0. The Bertz CT molecular complexity index is 731. The Morgan fingerprint density at radius 3 is 2.95 bits per heavy atom. The summed E-state index contributed by atoms with van der Waals surface area (Å²) in [4.78, 5) is 9.07. The fourth-order valence-corrected chi connectivity index (χ4v) is 2.37. The van der Waals surface area contributed by atoms with E-state index in [-0.39, 0.29) is 11.8 Å². The summed E-state index contributed by atoms with van der Waals surface area (Å²) in [7, 11) is 0. The summed E-state index contributed by atoms with van der Waals surface area (Å²) in [5.74, 6) is 5.90. The third kappa shape index (κ3) is 2.33. The van der Waals surface area contributed by atoms with Crippen molar-refractivity contribution in [2.24, 2.45) is 5.84 Å². The van der Waals surface area contributed by atoms with Crippen molar-refractivity contribution in [2.45, 2.75) is 0 Å². The molecule has 2 heterocycles. The van der Waals surface area contributed by atoms with Gasteiger partial charge in [0.05, 0.1) is 5.39 Å². The third-order valence-corrected chi connectivity index (χ3v) is 3.24. The number of nitrogens with two attached hydrogens (primary N) is 1. The first-order valence-corrected chi connectivity index (χ1v) is 6.29. The molecule has 5 nitrogen and oxygen atoms in total. The first kappa shape index (κ1) is 11.8. The molecule has 1 aromatic carbocycles. The van der Waals surface area contributed by atoms with Gasteiger partial charge in [-0.2, -0.15) is 4.98 Å². The first-order valence-electron chi connectivity index (χ1n) is 5.41. The number of thiophene rings is 1. The van der Waals surface area contributed by atoms with Gasteiger partial charge in [0.25, 0.3) is 0 Å². The number of hydrogen-bond donors (Lipinski definition) is 2. The van der Waals surface area contributed by atoms with Gasteiger partial charge in [0.15, 0.2) is 0 Å². The predicted molar refractivity (Wildman–Crippen MR) is 71.7 cm³/mol. The second kappa shape index (κ2) is 4.79. The highest BCUT2D eigenvalue weighted by Crippen LogP contribution is 2.31. The third-order valence-electron chi connectivity index (χ3n) is 2.43. The number of anilines is 1. The minimum Gasteiger partial charge on any atom is -0.438 e. The van der Waals surface area contributed by atoms with Crippen LogP contribution in [0.5, 0.6) is 11.6 Å². The molecule has 7 heteroatoms. The van der Waals surface area contributed by atoms with Gasteiger partial charge in [0.2, 0.25) is 11.8 Å². The van der Waals surface area contributed by atoms with Crippen molar-refractivity contribution in [3.05, 3.63) is 41.5 Å². The van der Waals surface area contributed by atoms with Crippen molar-refractivity contribution >= 4 is 27.5 Å². The van der Waals surface area contributed by atoms with E-state index in [9.17, 15) is 4.39 Å². The molecule has 0 saturated carbocycles. The monoisotopic (exact) mass is 276 g/mol. The largest absolute Gasteiger partial charge is 0.438 e. The minimum atomic E-state index is -0.370. The van der Waals surface area contributed by atoms with Gasteiger partial charge < -0.3 is 4.74 Å². The second-order valence-electron chi connectivity index (χ2n) is 3.70. The van der Waals surface area contributed by atoms with Crippen molar-refractivity contribution in [1.82, 2.24) is 9.97 Å². The lowest BCUT2D eigenvalue weighted by Crippen LogP contribution is -2.10. The standard InChI is InChI=1S/C12H9FN4OS/c13-7-2-1-3-8(6-7)18-10-9-4-5-19-11(9)16-12(15-10)17-14/h1-6H,14H2,(H,15,16,17). The summed E-state index contributed by atoms with van der Waals surface area (Å²) in [6.45, 7) is 0. The molecule has 0 bridgehead atoms. The first-order chi connectivity index (χ1) is 9.26. The highest BCUT2D eigenvalue weighted by molar-refractivity contribution is 7.16. The number of ether oxygens (including phenoxy) is 1. The quantitative estimate of drug-likeness (QED) is 0.568. The Hall–Kier alpha value is -2.25. The summed E-state index contributed by atoms with van der Waals surface area (Å²) >= 11 is 1.44. The average molecular weight is 276 g/mol. The Labute approximate surface area is 111 Å². The summed E-state index contributed by atoms with van der Waals surface area (Å²) in [6.07, 6.45) is 0. The Morgan fingerprint density at radius 2 is 2.16 bits per heavy atom. The molecule has 0 radical (unpaired) electrons. The topological polar surface area (TPSA) is 73.1 Å². The number of benzene rings is 1. The van der Waals surface area contributed by atoms with Crippen LogP contribution in [0.15, 0.2) is 35.7 Å². The molecule has 3 N–H and O–H groups in total. The molecule has 0 amide bonds. The van der Waals surface area contributed by atoms with Crippen LogP contribution in [0.25, 0.3) is 10.2 Å². The Balaban J connectivity index is 2.06. The van der Waals surface area contributed by atoms with Gasteiger partial charge in [-0.15, -0.1) is 11.3 Å². The number of halogens is 1. The summed E-state index contributed by atoms with van der Waals surface area (Å²) in [5.41, 5.74) is 2.38. The van der Waals surface area contributed by atoms with E-state index in [0.29, 0.717) is 11.6 Å². The van der Waals surface area contributed by atoms with E-state index >= 15 is 0 Å². The highest BCUT2D eigenvalue weighted by Gasteiger charge is 2.10. The van der Waals surface area contributed by atoms with Gasteiger partial charge >= 0.3 is 0 Å². The molecule has 0 saturated heterocycles.